The average molecular weight is 498 g/mol. The first-order chi connectivity index (χ1) is 17.3. The number of carbonyl (C=O) groups excluding carboxylic acids is 2. The summed E-state index contributed by atoms with van der Waals surface area (Å²) >= 11 is 0. The smallest absolute Gasteiger partial charge is 0.423 e. The van der Waals surface area contributed by atoms with E-state index in [1.807, 2.05) is 0 Å². The fraction of sp³-hybridized carbons (Fsp3) is 0.417. The molecule has 0 aliphatic carbocycles. The maximum Gasteiger partial charge on any atom is 0.488 e. The second-order valence-electron chi connectivity index (χ2n) is 8.59. The second kappa shape index (κ2) is 16.6. The number of hydrogen-bond donors (Lipinski definition) is 8. The van der Waals surface area contributed by atoms with Crippen molar-refractivity contribution in [2.24, 2.45) is 0 Å². The van der Waals surface area contributed by atoms with Crippen LogP contribution in [0.25, 0.3) is 0 Å². The summed E-state index contributed by atoms with van der Waals surface area (Å²) in [5, 5.41) is 47.7. The van der Waals surface area contributed by atoms with Crippen molar-refractivity contribution in [3.8, 4) is 0 Å². The average Bonchev–Trinajstić information content (AvgIpc) is 2.85. The largest absolute Gasteiger partial charge is 0.488 e. The molecule has 10 nitrogen and oxygen atoms in total. The molecule has 2 aromatic rings. The first-order valence-corrected chi connectivity index (χ1v) is 12.4. The summed E-state index contributed by atoms with van der Waals surface area (Å²) < 4.78 is 0. The van der Waals surface area contributed by atoms with E-state index in [4.69, 9.17) is 0 Å². The van der Waals surface area contributed by atoms with E-state index >= 15 is 0 Å². The van der Waals surface area contributed by atoms with Crippen molar-refractivity contribution in [3.05, 3.63) is 48.5 Å². The van der Waals surface area contributed by atoms with Crippen LogP contribution in [0.4, 0.5) is 21.0 Å². The zero-order valence-electron chi connectivity index (χ0n) is 20.4. The monoisotopic (exact) mass is 498 g/mol. The van der Waals surface area contributed by atoms with Gasteiger partial charge < -0.3 is 41.4 Å². The molecule has 194 valence electrons. The van der Waals surface area contributed by atoms with E-state index in [0.29, 0.717) is 35.4 Å². The Balaban J connectivity index is 1.41. The van der Waals surface area contributed by atoms with Crippen LogP contribution < -0.4 is 32.2 Å². The number of nitrogens with one attached hydrogen (secondary N) is 4. The van der Waals surface area contributed by atoms with Gasteiger partial charge in [0, 0.05) is 24.5 Å². The van der Waals surface area contributed by atoms with Gasteiger partial charge in [-0.1, -0.05) is 62.8 Å². The molecule has 0 spiro atoms. The highest BCUT2D eigenvalue weighted by molar-refractivity contribution is 6.59. The van der Waals surface area contributed by atoms with E-state index in [-0.39, 0.29) is 12.1 Å². The van der Waals surface area contributed by atoms with Crippen LogP contribution in [-0.2, 0) is 0 Å². The van der Waals surface area contributed by atoms with E-state index in [1.165, 1.54) is 12.1 Å². The van der Waals surface area contributed by atoms with Gasteiger partial charge >= 0.3 is 26.3 Å². The van der Waals surface area contributed by atoms with Crippen molar-refractivity contribution in [1.29, 1.82) is 0 Å². The van der Waals surface area contributed by atoms with Crippen LogP contribution >= 0.6 is 0 Å². The first-order valence-electron chi connectivity index (χ1n) is 12.4. The molecule has 0 fully saturated rings. The van der Waals surface area contributed by atoms with Crippen LogP contribution in [0.15, 0.2) is 48.5 Å². The van der Waals surface area contributed by atoms with Crippen LogP contribution in [0.5, 0.6) is 0 Å². The Morgan fingerprint density at radius 3 is 1.31 bits per heavy atom. The number of amides is 4. The lowest BCUT2D eigenvalue weighted by Gasteiger charge is -2.09. The van der Waals surface area contributed by atoms with E-state index in [1.54, 1.807) is 36.4 Å². The molecule has 36 heavy (non-hydrogen) atoms. The van der Waals surface area contributed by atoms with Crippen LogP contribution in [0, 0.1) is 0 Å². The maximum atomic E-state index is 11.9. The number of carbonyl (C=O) groups is 2. The SMILES string of the molecule is O=C(NCCCCCCCCCCNC(=O)Nc1cccc(B(O)O)c1)Nc1cccc(B(O)O)c1. The van der Waals surface area contributed by atoms with Crippen molar-refractivity contribution in [2.45, 2.75) is 51.4 Å². The van der Waals surface area contributed by atoms with E-state index in [9.17, 15) is 29.7 Å². The van der Waals surface area contributed by atoms with Gasteiger partial charge in [-0.3, -0.25) is 0 Å². The second-order valence-corrected chi connectivity index (χ2v) is 8.59. The lowest BCUT2D eigenvalue weighted by molar-refractivity contribution is 0.251. The molecule has 0 unspecified atom stereocenters. The van der Waals surface area contributed by atoms with Crippen LogP contribution in [-0.4, -0.2) is 59.5 Å². The van der Waals surface area contributed by atoms with Crippen molar-refractivity contribution < 1.29 is 29.7 Å². The van der Waals surface area contributed by atoms with Crippen LogP contribution in [0.1, 0.15) is 51.4 Å². The molecule has 0 atom stereocenters. The summed E-state index contributed by atoms with van der Waals surface area (Å²) in [4.78, 5) is 23.9. The number of benzene rings is 2. The molecule has 0 radical (unpaired) electrons. The Morgan fingerprint density at radius 1 is 0.583 bits per heavy atom. The fourth-order valence-electron chi connectivity index (χ4n) is 3.62. The molecule has 8 N–H and O–H groups in total. The molecule has 12 heteroatoms. The number of anilines is 2. The van der Waals surface area contributed by atoms with Gasteiger partial charge in [0.1, 0.15) is 0 Å². The Kier molecular flexibility index (Phi) is 13.4. The highest BCUT2D eigenvalue weighted by atomic mass is 16.4. The number of unbranched alkanes of at least 4 members (excludes halogenated alkanes) is 7. The van der Waals surface area contributed by atoms with Crippen molar-refractivity contribution in [1.82, 2.24) is 10.6 Å². The van der Waals surface area contributed by atoms with Gasteiger partial charge in [0.25, 0.3) is 0 Å². The summed E-state index contributed by atoms with van der Waals surface area (Å²) in [6, 6.07) is 12.2. The molecule has 4 amide bonds. The molecule has 0 saturated heterocycles. The molecule has 0 heterocycles. The van der Waals surface area contributed by atoms with E-state index in [2.05, 4.69) is 21.3 Å². The third-order valence-electron chi connectivity index (χ3n) is 5.56. The molecular weight excluding hydrogens is 462 g/mol. The van der Waals surface area contributed by atoms with Gasteiger partial charge in [-0.2, -0.15) is 0 Å². The summed E-state index contributed by atoms with van der Waals surface area (Å²) in [5.74, 6) is 0. The standard InChI is InChI=1S/C24H36B2N4O6/c31-23(29-21-13-9-11-19(17-21)25(33)34)27-15-7-5-3-1-2-4-6-8-16-28-24(32)30-22-14-10-12-20(18-22)26(35)36/h9-14,17-18,33-36H,1-8,15-16H2,(H2,27,29,31)(H2,28,30,32). The normalized spacial score (nSPS) is 10.4. The predicted molar refractivity (Wildman–Crippen MR) is 144 cm³/mol. The van der Waals surface area contributed by atoms with Gasteiger partial charge in [-0.05, 0) is 48.0 Å². The summed E-state index contributed by atoms with van der Waals surface area (Å²) in [5.41, 5.74) is 1.64. The minimum Gasteiger partial charge on any atom is -0.423 e. The van der Waals surface area contributed by atoms with Gasteiger partial charge in [-0.15, -0.1) is 0 Å². The number of rotatable bonds is 15. The lowest BCUT2D eigenvalue weighted by atomic mass is 9.80. The lowest BCUT2D eigenvalue weighted by Crippen LogP contribution is -2.32. The van der Waals surface area contributed by atoms with Crippen molar-refractivity contribution in [2.75, 3.05) is 23.7 Å². The third kappa shape index (κ3) is 12.1. The zero-order chi connectivity index (χ0) is 26.2. The Hall–Kier alpha value is -3.05. The number of hydrogen-bond acceptors (Lipinski definition) is 6. The highest BCUT2D eigenvalue weighted by Crippen LogP contribution is 2.09. The predicted octanol–water partition coefficient (Wildman–Crippen LogP) is 1.11. The summed E-state index contributed by atoms with van der Waals surface area (Å²) in [6.45, 7) is 1.15. The fourth-order valence-corrected chi connectivity index (χ4v) is 3.62. The molecule has 2 aromatic carbocycles. The number of urea groups is 2. The van der Waals surface area contributed by atoms with Crippen LogP contribution in [0.2, 0.25) is 0 Å². The van der Waals surface area contributed by atoms with Crippen LogP contribution in [0.3, 0.4) is 0 Å². The molecule has 0 bridgehead atoms. The molecular formula is C24H36B2N4O6. The molecule has 0 aromatic heterocycles. The van der Waals surface area contributed by atoms with Crippen molar-refractivity contribution >= 4 is 48.6 Å². The first kappa shape index (κ1) is 29.2. The summed E-state index contributed by atoms with van der Waals surface area (Å²) in [6.07, 6.45) is 8.30. The van der Waals surface area contributed by atoms with Gasteiger partial charge in [0.15, 0.2) is 0 Å². The van der Waals surface area contributed by atoms with Crippen molar-refractivity contribution in [3.63, 3.8) is 0 Å². The van der Waals surface area contributed by atoms with Gasteiger partial charge in [-0.25, -0.2) is 9.59 Å². The Bertz CT molecular complexity index is 873. The minimum atomic E-state index is -1.57. The molecule has 0 aliphatic rings. The molecule has 0 saturated carbocycles. The third-order valence-corrected chi connectivity index (χ3v) is 5.56. The zero-order valence-corrected chi connectivity index (χ0v) is 20.4. The highest BCUT2D eigenvalue weighted by Gasteiger charge is 2.12. The van der Waals surface area contributed by atoms with Gasteiger partial charge in [0.05, 0.1) is 0 Å². The minimum absolute atomic E-state index is 0.317. The Morgan fingerprint density at radius 2 is 0.944 bits per heavy atom. The van der Waals surface area contributed by atoms with E-state index < -0.39 is 14.2 Å². The molecule has 2 rings (SSSR count). The quantitative estimate of drug-likeness (QED) is 0.136. The molecule has 0 aliphatic heterocycles. The van der Waals surface area contributed by atoms with Gasteiger partial charge in [0.2, 0.25) is 0 Å². The summed E-state index contributed by atoms with van der Waals surface area (Å²) in [7, 11) is -3.14. The topological polar surface area (TPSA) is 163 Å². The van der Waals surface area contributed by atoms with E-state index in [0.717, 1.165) is 51.4 Å². The Labute approximate surface area is 212 Å². The maximum absolute atomic E-state index is 11.9.